The lowest BCUT2D eigenvalue weighted by Gasteiger charge is -2.31. The summed E-state index contributed by atoms with van der Waals surface area (Å²) in [6, 6.07) is 7.06. The summed E-state index contributed by atoms with van der Waals surface area (Å²) in [6.07, 6.45) is 2.10. The Bertz CT molecular complexity index is 546. The van der Waals surface area contributed by atoms with E-state index < -0.39 is 10.0 Å². The molecule has 2 saturated heterocycles. The van der Waals surface area contributed by atoms with E-state index in [0.717, 1.165) is 23.7 Å². The van der Waals surface area contributed by atoms with Gasteiger partial charge in [-0.05, 0) is 30.5 Å². The van der Waals surface area contributed by atoms with Crippen molar-refractivity contribution in [2.75, 3.05) is 13.1 Å². The number of rotatable bonds is 3. The van der Waals surface area contributed by atoms with Crippen LogP contribution in [-0.2, 0) is 20.1 Å². The topological polar surface area (TPSA) is 46.6 Å². The summed E-state index contributed by atoms with van der Waals surface area (Å²) in [5.41, 5.74) is 1.07. The van der Waals surface area contributed by atoms with Crippen molar-refractivity contribution in [1.29, 1.82) is 0 Å². The first-order valence-electron chi connectivity index (χ1n) is 6.40. The van der Waals surface area contributed by atoms with E-state index in [9.17, 15) is 8.42 Å². The number of ether oxygens (including phenoxy) is 1. The number of nitrogens with zero attached hydrogens (tertiary/aromatic N) is 1. The van der Waals surface area contributed by atoms with Crippen LogP contribution in [0.1, 0.15) is 18.4 Å². The van der Waals surface area contributed by atoms with Crippen molar-refractivity contribution in [3.05, 3.63) is 29.8 Å². The van der Waals surface area contributed by atoms with E-state index in [0.29, 0.717) is 18.0 Å². The third kappa shape index (κ3) is 2.59. The van der Waals surface area contributed by atoms with Crippen molar-refractivity contribution < 1.29 is 13.2 Å². The molecule has 2 aliphatic heterocycles. The van der Waals surface area contributed by atoms with E-state index in [1.54, 1.807) is 16.4 Å². The summed E-state index contributed by atoms with van der Waals surface area (Å²) in [7, 11) is -3.37. The van der Waals surface area contributed by atoms with Gasteiger partial charge < -0.3 is 4.74 Å². The quantitative estimate of drug-likeness (QED) is 0.788. The van der Waals surface area contributed by atoms with Gasteiger partial charge in [0.25, 0.3) is 0 Å². The van der Waals surface area contributed by atoms with Crippen LogP contribution in [0.2, 0.25) is 0 Å². The van der Waals surface area contributed by atoms with E-state index in [1.807, 2.05) is 12.1 Å². The Morgan fingerprint density at radius 2 is 1.74 bits per heavy atom. The minimum Gasteiger partial charge on any atom is -0.372 e. The SMILES string of the molecule is O=S(=O)(c1ccc(CBr)cc1)N1CC2CCC(C1)O2. The van der Waals surface area contributed by atoms with E-state index >= 15 is 0 Å². The van der Waals surface area contributed by atoms with Crippen LogP contribution in [0.3, 0.4) is 0 Å². The zero-order chi connectivity index (χ0) is 13.5. The number of hydrogen-bond donors (Lipinski definition) is 0. The van der Waals surface area contributed by atoms with E-state index in [-0.39, 0.29) is 12.2 Å². The number of sulfonamides is 1. The van der Waals surface area contributed by atoms with Gasteiger partial charge in [0.2, 0.25) is 10.0 Å². The lowest BCUT2D eigenvalue weighted by atomic mass is 10.2. The molecule has 0 saturated carbocycles. The van der Waals surface area contributed by atoms with Crippen molar-refractivity contribution in [3.8, 4) is 0 Å². The fraction of sp³-hybridized carbons (Fsp3) is 0.538. The van der Waals surface area contributed by atoms with E-state index in [4.69, 9.17) is 4.74 Å². The van der Waals surface area contributed by atoms with Gasteiger partial charge in [-0.25, -0.2) is 8.42 Å². The van der Waals surface area contributed by atoms with Crippen LogP contribution in [0.25, 0.3) is 0 Å². The van der Waals surface area contributed by atoms with Crippen LogP contribution in [-0.4, -0.2) is 38.0 Å². The Morgan fingerprint density at radius 1 is 1.16 bits per heavy atom. The summed E-state index contributed by atoms with van der Waals surface area (Å²) >= 11 is 3.36. The standard InChI is InChI=1S/C13H16BrNO3S/c14-7-10-1-5-13(6-2-10)19(16,17)15-8-11-3-4-12(9-15)18-11/h1-2,5-6,11-12H,3-4,7-9H2. The maximum absolute atomic E-state index is 12.6. The zero-order valence-electron chi connectivity index (χ0n) is 10.5. The molecular formula is C13H16BrNO3S. The van der Waals surface area contributed by atoms with Gasteiger partial charge in [-0.1, -0.05) is 28.1 Å². The van der Waals surface area contributed by atoms with Gasteiger partial charge in [-0.15, -0.1) is 0 Å². The Balaban J connectivity index is 1.85. The molecule has 1 aromatic carbocycles. The molecule has 0 radical (unpaired) electrons. The molecule has 0 N–H and O–H groups in total. The van der Waals surface area contributed by atoms with Crippen molar-refractivity contribution in [3.63, 3.8) is 0 Å². The highest BCUT2D eigenvalue weighted by molar-refractivity contribution is 9.08. The number of hydrogen-bond acceptors (Lipinski definition) is 3. The third-order valence-electron chi connectivity index (χ3n) is 3.73. The van der Waals surface area contributed by atoms with Crippen LogP contribution >= 0.6 is 15.9 Å². The minimum absolute atomic E-state index is 0.0790. The molecule has 0 amide bonds. The number of alkyl halides is 1. The van der Waals surface area contributed by atoms with Gasteiger partial charge in [-0.2, -0.15) is 4.31 Å². The number of benzene rings is 1. The molecule has 3 rings (SSSR count). The Morgan fingerprint density at radius 3 is 2.26 bits per heavy atom. The molecule has 0 aliphatic carbocycles. The fourth-order valence-corrected chi connectivity index (χ4v) is 4.55. The highest BCUT2D eigenvalue weighted by atomic mass is 79.9. The second-order valence-corrected chi connectivity index (χ2v) is 7.56. The molecule has 2 unspecified atom stereocenters. The molecule has 2 heterocycles. The molecule has 0 spiro atoms. The summed E-state index contributed by atoms with van der Waals surface area (Å²) in [6.45, 7) is 0.970. The van der Waals surface area contributed by atoms with Gasteiger partial charge in [0.05, 0.1) is 17.1 Å². The van der Waals surface area contributed by atoms with Crippen LogP contribution in [0, 0.1) is 0 Å². The monoisotopic (exact) mass is 345 g/mol. The number of morpholine rings is 1. The second-order valence-electron chi connectivity index (χ2n) is 5.06. The van der Waals surface area contributed by atoms with Crippen molar-refractivity contribution in [2.24, 2.45) is 0 Å². The molecule has 2 atom stereocenters. The van der Waals surface area contributed by atoms with Gasteiger partial charge >= 0.3 is 0 Å². The van der Waals surface area contributed by atoms with Crippen molar-refractivity contribution in [2.45, 2.75) is 35.3 Å². The van der Waals surface area contributed by atoms with Gasteiger partial charge in [0.15, 0.2) is 0 Å². The molecule has 104 valence electrons. The van der Waals surface area contributed by atoms with Crippen molar-refractivity contribution in [1.82, 2.24) is 4.31 Å². The maximum Gasteiger partial charge on any atom is 0.243 e. The molecule has 0 aromatic heterocycles. The molecule has 1 aromatic rings. The first-order chi connectivity index (χ1) is 9.09. The molecule has 2 fully saturated rings. The molecule has 2 aliphatic rings. The highest BCUT2D eigenvalue weighted by Crippen LogP contribution is 2.29. The van der Waals surface area contributed by atoms with Gasteiger partial charge in [0, 0.05) is 18.4 Å². The number of halogens is 1. The number of fused-ring (bicyclic) bond motifs is 2. The molecule has 4 nitrogen and oxygen atoms in total. The van der Waals surface area contributed by atoms with Crippen LogP contribution < -0.4 is 0 Å². The second kappa shape index (κ2) is 5.16. The average molecular weight is 346 g/mol. The van der Waals surface area contributed by atoms with Crippen LogP contribution in [0.4, 0.5) is 0 Å². The molecular weight excluding hydrogens is 330 g/mol. The summed E-state index contributed by atoms with van der Waals surface area (Å²) in [5, 5.41) is 0.731. The summed E-state index contributed by atoms with van der Waals surface area (Å²) in [5.74, 6) is 0. The van der Waals surface area contributed by atoms with Gasteiger partial charge in [-0.3, -0.25) is 0 Å². The maximum atomic E-state index is 12.6. The largest absolute Gasteiger partial charge is 0.372 e. The first-order valence-corrected chi connectivity index (χ1v) is 8.96. The molecule has 19 heavy (non-hydrogen) atoms. The van der Waals surface area contributed by atoms with Crippen LogP contribution in [0.5, 0.6) is 0 Å². The molecule has 6 heteroatoms. The first kappa shape index (κ1) is 13.5. The Labute approximate surface area is 121 Å². The van der Waals surface area contributed by atoms with Crippen molar-refractivity contribution >= 4 is 26.0 Å². The average Bonchev–Trinajstić information content (AvgIpc) is 2.77. The third-order valence-corrected chi connectivity index (χ3v) is 6.22. The fourth-order valence-electron chi connectivity index (χ4n) is 2.67. The van der Waals surface area contributed by atoms with Crippen LogP contribution in [0.15, 0.2) is 29.2 Å². The minimum atomic E-state index is -3.37. The Kier molecular flexibility index (Phi) is 3.68. The molecule has 2 bridgehead atoms. The Hall–Kier alpha value is -0.430. The predicted octanol–water partition coefficient (Wildman–Crippen LogP) is 2.13. The smallest absolute Gasteiger partial charge is 0.243 e. The predicted molar refractivity (Wildman–Crippen MR) is 75.7 cm³/mol. The summed E-state index contributed by atoms with van der Waals surface area (Å²) in [4.78, 5) is 0.374. The van der Waals surface area contributed by atoms with Gasteiger partial charge in [0.1, 0.15) is 0 Å². The lowest BCUT2D eigenvalue weighted by Crippen LogP contribution is -2.45. The van der Waals surface area contributed by atoms with E-state index in [2.05, 4.69) is 15.9 Å². The lowest BCUT2D eigenvalue weighted by molar-refractivity contribution is -0.0114. The highest BCUT2D eigenvalue weighted by Gasteiger charge is 2.39. The normalized spacial score (nSPS) is 27.6. The summed E-state index contributed by atoms with van der Waals surface area (Å²) < 4.78 is 32.4. The van der Waals surface area contributed by atoms with E-state index in [1.165, 1.54) is 0 Å². The zero-order valence-corrected chi connectivity index (χ0v) is 12.9.